The standard InChI is InChI=1S/C27H38N2O2/c30-20-26-10-5-4-9-25(26)11-6-16-28-18-23-12-14-24(15-13-23)19-29-27(21-31)17-22-7-2-1-3-8-22/h1-11,23-24,27-31H,12-21H2/b11-6-. The molecule has 4 N–H and O–H groups in total. The van der Waals surface area contributed by atoms with Gasteiger partial charge in [-0.2, -0.15) is 0 Å². The van der Waals surface area contributed by atoms with Crippen LogP contribution in [0.4, 0.5) is 0 Å². The Balaban J connectivity index is 1.29. The summed E-state index contributed by atoms with van der Waals surface area (Å²) in [4.78, 5) is 0. The zero-order chi connectivity index (χ0) is 21.7. The molecule has 0 aromatic heterocycles. The zero-order valence-electron chi connectivity index (χ0n) is 18.5. The van der Waals surface area contributed by atoms with Gasteiger partial charge in [0, 0.05) is 12.6 Å². The van der Waals surface area contributed by atoms with Crippen molar-refractivity contribution >= 4 is 6.08 Å². The van der Waals surface area contributed by atoms with E-state index in [1.807, 2.05) is 30.3 Å². The molecule has 1 aliphatic rings. The van der Waals surface area contributed by atoms with Crippen LogP contribution >= 0.6 is 0 Å². The fraction of sp³-hybridized carbons (Fsp3) is 0.481. The average Bonchev–Trinajstić information content (AvgIpc) is 2.83. The van der Waals surface area contributed by atoms with E-state index in [9.17, 15) is 10.2 Å². The summed E-state index contributed by atoms with van der Waals surface area (Å²) in [5.41, 5.74) is 3.34. The van der Waals surface area contributed by atoms with Gasteiger partial charge in [0.1, 0.15) is 0 Å². The van der Waals surface area contributed by atoms with Gasteiger partial charge >= 0.3 is 0 Å². The minimum atomic E-state index is 0.0807. The van der Waals surface area contributed by atoms with E-state index < -0.39 is 0 Å². The molecule has 1 saturated carbocycles. The van der Waals surface area contributed by atoms with E-state index in [0.29, 0.717) is 0 Å². The van der Waals surface area contributed by atoms with Crippen molar-refractivity contribution in [2.45, 2.75) is 44.8 Å². The van der Waals surface area contributed by atoms with Gasteiger partial charge in [0.2, 0.25) is 0 Å². The molecule has 0 radical (unpaired) electrons. The minimum Gasteiger partial charge on any atom is -0.395 e. The number of hydrogen-bond acceptors (Lipinski definition) is 4. The van der Waals surface area contributed by atoms with Crippen molar-refractivity contribution in [1.29, 1.82) is 0 Å². The lowest BCUT2D eigenvalue weighted by Crippen LogP contribution is -2.39. The van der Waals surface area contributed by atoms with Gasteiger partial charge in [-0.05, 0) is 73.7 Å². The third kappa shape index (κ3) is 8.23. The Bertz CT molecular complexity index is 770. The molecule has 4 heteroatoms. The largest absolute Gasteiger partial charge is 0.395 e. The molecule has 1 unspecified atom stereocenters. The maximum atomic E-state index is 9.71. The first-order valence-corrected chi connectivity index (χ1v) is 11.7. The second kappa shape index (κ2) is 13.4. The predicted molar refractivity (Wildman–Crippen MR) is 129 cm³/mol. The highest BCUT2D eigenvalue weighted by Crippen LogP contribution is 2.28. The summed E-state index contributed by atoms with van der Waals surface area (Å²) in [7, 11) is 0. The fourth-order valence-electron chi connectivity index (χ4n) is 4.47. The van der Waals surface area contributed by atoms with Gasteiger partial charge in [-0.3, -0.25) is 0 Å². The van der Waals surface area contributed by atoms with Gasteiger partial charge in [0.25, 0.3) is 0 Å². The number of nitrogens with one attached hydrogen (secondary N) is 2. The van der Waals surface area contributed by atoms with E-state index in [1.54, 1.807) is 0 Å². The second-order valence-electron chi connectivity index (χ2n) is 8.78. The van der Waals surface area contributed by atoms with Crippen LogP contribution in [0.25, 0.3) is 6.08 Å². The number of rotatable bonds is 12. The Kier molecular flexibility index (Phi) is 10.3. The molecule has 0 amide bonds. The summed E-state index contributed by atoms with van der Waals surface area (Å²) in [5.74, 6) is 1.48. The van der Waals surface area contributed by atoms with Gasteiger partial charge < -0.3 is 20.8 Å². The Labute approximate surface area is 187 Å². The average molecular weight is 423 g/mol. The monoisotopic (exact) mass is 422 g/mol. The number of hydrogen-bond donors (Lipinski definition) is 4. The molecular formula is C27H38N2O2. The van der Waals surface area contributed by atoms with Crippen molar-refractivity contribution in [2.24, 2.45) is 11.8 Å². The molecule has 0 spiro atoms. The van der Waals surface area contributed by atoms with E-state index in [4.69, 9.17) is 0 Å². The van der Waals surface area contributed by atoms with Crippen LogP contribution in [0.3, 0.4) is 0 Å². The Morgan fingerprint density at radius 2 is 1.55 bits per heavy atom. The molecule has 0 aliphatic heterocycles. The molecule has 3 rings (SSSR count). The van der Waals surface area contributed by atoms with Gasteiger partial charge in [-0.25, -0.2) is 0 Å². The topological polar surface area (TPSA) is 64.5 Å². The van der Waals surface area contributed by atoms with E-state index in [0.717, 1.165) is 49.0 Å². The lowest BCUT2D eigenvalue weighted by Gasteiger charge is -2.30. The smallest absolute Gasteiger partial charge is 0.0687 e. The van der Waals surface area contributed by atoms with Gasteiger partial charge in [0.05, 0.1) is 13.2 Å². The van der Waals surface area contributed by atoms with Crippen LogP contribution < -0.4 is 10.6 Å². The quantitative estimate of drug-likeness (QED) is 0.393. The molecule has 1 aliphatic carbocycles. The summed E-state index contributed by atoms with van der Waals surface area (Å²) in [5, 5.41) is 26.3. The van der Waals surface area contributed by atoms with Crippen LogP contribution in [-0.4, -0.2) is 42.5 Å². The highest BCUT2D eigenvalue weighted by Gasteiger charge is 2.21. The molecule has 31 heavy (non-hydrogen) atoms. The van der Waals surface area contributed by atoms with Gasteiger partial charge in [-0.15, -0.1) is 0 Å². The highest BCUT2D eigenvalue weighted by molar-refractivity contribution is 5.53. The lowest BCUT2D eigenvalue weighted by molar-refractivity contribution is 0.217. The van der Waals surface area contributed by atoms with Gasteiger partial charge in [0.15, 0.2) is 0 Å². The normalized spacial score (nSPS) is 20.2. The van der Waals surface area contributed by atoms with E-state index in [1.165, 1.54) is 31.2 Å². The van der Waals surface area contributed by atoms with Crippen LogP contribution in [0.2, 0.25) is 0 Å². The molecule has 168 valence electrons. The van der Waals surface area contributed by atoms with Crippen LogP contribution in [0.15, 0.2) is 60.7 Å². The molecule has 2 aromatic rings. The Hall–Kier alpha value is -1.98. The van der Waals surface area contributed by atoms with Crippen LogP contribution in [-0.2, 0) is 13.0 Å². The predicted octanol–water partition coefficient (Wildman–Crippen LogP) is 3.78. The third-order valence-corrected chi connectivity index (χ3v) is 6.42. The molecule has 4 nitrogen and oxygen atoms in total. The molecule has 1 atom stereocenters. The van der Waals surface area contributed by atoms with Crippen molar-refractivity contribution in [3.05, 3.63) is 77.4 Å². The molecule has 0 saturated heterocycles. The SMILES string of the molecule is OCc1ccccc1/C=C\CNCC1CCC(CNC(CO)Cc2ccccc2)CC1. The molecule has 0 bridgehead atoms. The maximum absolute atomic E-state index is 9.71. The van der Waals surface area contributed by atoms with Gasteiger partial charge in [-0.1, -0.05) is 66.7 Å². The minimum absolute atomic E-state index is 0.0807. The number of benzene rings is 2. The number of aliphatic hydroxyl groups is 2. The Morgan fingerprint density at radius 3 is 2.26 bits per heavy atom. The first-order chi connectivity index (χ1) is 15.3. The van der Waals surface area contributed by atoms with E-state index >= 15 is 0 Å². The second-order valence-corrected chi connectivity index (χ2v) is 8.78. The summed E-state index contributed by atoms with van der Waals surface area (Å²) < 4.78 is 0. The maximum Gasteiger partial charge on any atom is 0.0687 e. The summed E-state index contributed by atoms with van der Waals surface area (Å²) >= 11 is 0. The molecule has 1 fully saturated rings. The molecule has 2 aromatic carbocycles. The van der Waals surface area contributed by atoms with Crippen molar-refractivity contribution in [1.82, 2.24) is 10.6 Å². The zero-order valence-corrected chi connectivity index (χ0v) is 18.5. The fourth-order valence-corrected chi connectivity index (χ4v) is 4.47. The van der Waals surface area contributed by atoms with Crippen molar-refractivity contribution < 1.29 is 10.2 Å². The first-order valence-electron chi connectivity index (χ1n) is 11.7. The van der Waals surface area contributed by atoms with Crippen molar-refractivity contribution in [2.75, 3.05) is 26.2 Å². The van der Waals surface area contributed by atoms with Crippen molar-refractivity contribution in [3.63, 3.8) is 0 Å². The van der Waals surface area contributed by atoms with Crippen LogP contribution in [0.1, 0.15) is 42.4 Å². The van der Waals surface area contributed by atoms with Crippen LogP contribution in [0, 0.1) is 11.8 Å². The summed E-state index contributed by atoms with van der Waals surface area (Å²) in [6, 6.07) is 18.5. The molecular weight excluding hydrogens is 384 g/mol. The lowest BCUT2D eigenvalue weighted by atomic mass is 9.82. The van der Waals surface area contributed by atoms with E-state index in [2.05, 4.69) is 47.1 Å². The number of aliphatic hydroxyl groups excluding tert-OH is 2. The van der Waals surface area contributed by atoms with Crippen molar-refractivity contribution in [3.8, 4) is 0 Å². The van der Waals surface area contributed by atoms with E-state index in [-0.39, 0.29) is 19.3 Å². The third-order valence-electron chi connectivity index (χ3n) is 6.42. The molecule has 0 heterocycles. The Morgan fingerprint density at radius 1 is 0.871 bits per heavy atom. The summed E-state index contributed by atoms with van der Waals surface area (Å²) in [6.07, 6.45) is 10.2. The van der Waals surface area contributed by atoms with Crippen LogP contribution in [0.5, 0.6) is 0 Å². The summed E-state index contributed by atoms with van der Waals surface area (Å²) in [6.45, 7) is 3.20. The first kappa shape index (κ1) is 23.7. The highest BCUT2D eigenvalue weighted by atomic mass is 16.3.